The van der Waals surface area contributed by atoms with Gasteiger partial charge in [0, 0.05) is 17.8 Å². The van der Waals surface area contributed by atoms with Gasteiger partial charge in [-0.3, -0.25) is 0 Å². The Bertz CT molecular complexity index is 326. The molecular weight excluding hydrogens is 184 g/mol. The first-order valence-corrected chi connectivity index (χ1v) is 5.74. The topological polar surface area (TPSA) is 38.0 Å². The zero-order chi connectivity index (χ0) is 10.8. The monoisotopic (exact) mass is 204 g/mol. The van der Waals surface area contributed by atoms with Gasteiger partial charge in [-0.05, 0) is 56.4 Å². The van der Waals surface area contributed by atoms with Crippen LogP contribution in [0.1, 0.15) is 30.4 Å². The van der Waals surface area contributed by atoms with Crippen LogP contribution in [0, 0.1) is 13.8 Å². The third-order valence-corrected chi connectivity index (χ3v) is 3.07. The molecule has 2 heteroatoms. The van der Waals surface area contributed by atoms with E-state index in [9.17, 15) is 0 Å². The van der Waals surface area contributed by atoms with Gasteiger partial charge >= 0.3 is 0 Å². The lowest BCUT2D eigenvalue weighted by atomic mass is 10.1. The van der Waals surface area contributed by atoms with Crippen molar-refractivity contribution in [2.45, 2.75) is 45.2 Å². The van der Waals surface area contributed by atoms with Crippen molar-refractivity contribution in [1.29, 1.82) is 0 Å². The quantitative estimate of drug-likeness (QED) is 0.777. The van der Waals surface area contributed by atoms with Gasteiger partial charge in [0.1, 0.15) is 0 Å². The van der Waals surface area contributed by atoms with E-state index in [0.717, 1.165) is 12.8 Å². The zero-order valence-electron chi connectivity index (χ0n) is 9.59. The van der Waals surface area contributed by atoms with Crippen molar-refractivity contribution < 1.29 is 0 Å². The highest BCUT2D eigenvalue weighted by atomic mass is 14.9. The van der Waals surface area contributed by atoms with Crippen LogP contribution in [-0.4, -0.2) is 12.1 Å². The van der Waals surface area contributed by atoms with Crippen LogP contribution in [0.25, 0.3) is 0 Å². The molecule has 82 valence electrons. The van der Waals surface area contributed by atoms with Gasteiger partial charge in [-0.25, -0.2) is 0 Å². The number of anilines is 1. The fraction of sp³-hybridized carbons (Fsp3) is 0.538. The summed E-state index contributed by atoms with van der Waals surface area (Å²) < 4.78 is 0. The molecule has 1 fully saturated rings. The minimum Gasteiger partial charge on any atom is -0.382 e. The van der Waals surface area contributed by atoms with Crippen molar-refractivity contribution in [3.05, 3.63) is 29.3 Å². The average molecular weight is 204 g/mol. The maximum Gasteiger partial charge on any atom is 0.0347 e. The largest absolute Gasteiger partial charge is 0.382 e. The Balaban J connectivity index is 2.04. The van der Waals surface area contributed by atoms with Gasteiger partial charge in [-0.15, -0.1) is 0 Å². The van der Waals surface area contributed by atoms with Gasteiger partial charge in [-0.1, -0.05) is 6.07 Å². The molecule has 0 aliphatic heterocycles. The number of aryl methyl sites for hydroxylation is 2. The lowest BCUT2D eigenvalue weighted by Crippen LogP contribution is -2.20. The lowest BCUT2D eigenvalue weighted by molar-refractivity contribution is 0.688. The Hall–Kier alpha value is -1.02. The predicted molar refractivity (Wildman–Crippen MR) is 65.2 cm³/mol. The van der Waals surface area contributed by atoms with Crippen LogP contribution in [-0.2, 0) is 0 Å². The van der Waals surface area contributed by atoms with Crippen LogP contribution in [0.2, 0.25) is 0 Å². The van der Waals surface area contributed by atoms with Crippen molar-refractivity contribution in [1.82, 2.24) is 0 Å². The molecule has 1 aromatic rings. The minimum atomic E-state index is 0.397. The first kappa shape index (κ1) is 10.5. The molecule has 0 radical (unpaired) electrons. The van der Waals surface area contributed by atoms with Gasteiger partial charge in [-0.2, -0.15) is 0 Å². The molecule has 0 amide bonds. The molecule has 0 saturated heterocycles. The Morgan fingerprint density at radius 2 is 1.80 bits per heavy atom. The first-order valence-electron chi connectivity index (χ1n) is 5.74. The Labute approximate surface area is 91.9 Å². The molecule has 3 N–H and O–H groups in total. The summed E-state index contributed by atoms with van der Waals surface area (Å²) in [5.41, 5.74) is 9.78. The van der Waals surface area contributed by atoms with Crippen LogP contribution in [0.3, 0.4) is 0 Å². The van der Waals surface area contributed by atoms with E-state index in [-0.39, 0.29) is 0 Å². The van der Waals surface area contributed by atoms with E-state index < -0.39 is 0 Å². The number of nitrogens with one attached hydrogen (secondary N) is 1. The highest BCUT2D eigenvalue weighted by Crippen LogP contribution is 2.23. The van der Waals surface area contributed by atoms with Crippen LogP contribution >= 0.6 is 0 Å². The molecule has 2 unspecified atom stereocenters. The van der Waals surface area contributed by atoms with Crippen LogP contribution < -0.4 is 11.1 Å². The van der Waals surface area contributed by atoms with Crippen LogP contribution in [0.4, 0.5) is 5.69 Å². The standard InChI is InChI=1S/C13H20N2/c1-9-5-10(2)7-13(6-9)15-12-4-3-11(14)8-12/h5-7,11-12,15H,3-4,8,14H2,1-2H3. The summed E-state index contributed by atoms with van der Waals surface area (Å²) in [6.45, 7) is 4.27. The van der Waals surface area contributed by atoms with E-state index in [2.05, 4.69) is 37.4 Å². The third kappa shape index (κ3) is 2.72. The molecule has 2 atom stereocenters. The number of benzene rings is 1. The molecule has 1 aliphatic rings. The van der Waals surface area contributed by atoms with E-state index in [1.165, 1.54) is 23.2 Å². The average Bonchev–Trinajstić information content (AvgIpc) is 2.49. The first-order chi connectivity index (χ1) is 7.13. The van der Waals surface area contributed by atoms with E-state index in [4.69, 9.17) is 5.73 Å². The predicted octanol–water partition coefficient (Wildman–Crippen LogP) is 2.60. The van der Waals surface area contributed by atoms with E-state index >= 15 is 0 Å². The number of nitrogens with two attached hydrogens (primary N) is 1. The molecule has 15 heavy (non-hydrogen) atoms. The van der Waals surface area contributed by atoms with Crippen molar-refractivity contribution in [2.24, 2.45) is 5.73 Å². The smallest absolute Gasteiger partial charge is 0.0347 e. The number of hydrogen-bond donors (Lipinski definition) is 2. The summed E-state index contributed by atoms with van der Waals surface area (Å²) in [6.07, 6.45) is 3.46. The second kappa shape index (κ2) is 4.23. The fourth-order valence-corrected chi connectivity index (χ4v) is 2.44. The highest BCUT2D eigenvalue weighted by Gasteiger charge is 2.21. The van der Waals surface area contributed by atoms with Crippen molar-refractivity contribution in [3.8, 4) is 0 Å². The van der Waals surface area contributed by atoms with E-state index in [1.807, 2.05) is 0 Å². The fourth-order valence-electron chi connectivity index (χ4n) is 2.44. The summed E-state index contributed by atoms with van der Waals surface area (Å²) in [6, 6.07) is 7.58. The molecule has 0 aromatic heterocycles. The van der Waals surface area contributed by atoms with Crippen molar-refractivity contribution >= 4 is 5.69 Å². The molecule has 2 rings (SSSR count). The molecule has 0 bridgehead atoms. The summed E-state index contributed by atoms with van der Waals surface area (Å²) in [4.78, 5) is 0. The summed E-state index contributed by atoms with van der Waals surface area (Å²) in [5.74, 6) is 0. The number of hydrogen-bond acceptors (Lipinski definition) is 2. The Morgan fingerprint density at radius 1 is 1.13 bits per heavy atom. The third-order valence-electron chi connectivity index (χ3n) is 3.07. The van der Waals surface area contributed by atoms with Gasteiger partial charge in [0.2, 0.25) is 0 Å². The van der Waals surface area contributed by atoms with Crippen molar-refractivity contribution in [3.63, 3.8) is 0 Å². The Kier molecular flexibility index (Phi) is 2.96. The maximum absolute atomic E-state index is 5.90. The maximum atomic E-state index is 5.90. The van der Waals surface area contributed by atoms with Crippen LogP contribution in [0.5, 0.6) is 0 Å². The molecular formula is C13H20N2. The molecule has 2 nitrogen and oxygen atoms in total. The Morgan fingerprint density at radius 3 is 2.33 bits per heavy atom. The van der Waals surface area contributed by atoms with Gasteiger partial charge in [0.25, 0.3) is 0 Å². The summed E-state index contributed by atoms with van der Waals surface area (Å²) >= 11 is 0. The molecule has 0 heterocycles. The SMILES string of the molecule is Cc1cc(C)cc(NC2CCC(N)C2)c1. The van der Waals surface area contributed by atoms with E-state index in [1.54, 1.807) is 0 Å². The van der Waals surface area contributed by atoms with Gasteiger partial charge < -0.3 is 11.1 Å². The molecule has 1 aliphatic carbocycles. The van der Waals surface area contributed by atoms with Gasteiger partial charge in [0.15, 0.2) is 0 Å². The van der Waals surface area contributed by atoms with E-state index in [0.29, 0.717) is 12.1 Å². The molecule has 1 saturated carbocycles. The second-order valence-electron chi connectivity index (χ2n) is 4.79. The minimum absolute atomic E-state index is 0.397. The van der Waals surface area contributed by atoms with Crippen molar-refractivity contribution in [2.75, 3.05) is 5.32 Å². The molecule has 0 spiro atoms. The summed E-state index contributed by atoms with van der Waals surface area (Å²) in [5, 5.41) is 3.57. The lowest BCUT2D eigenvalue weighted by Gasteiger charge is -2.15. The number of rotatable bonds is 2. The van der Waals surface area contributed by atoms with Gasteiger partial charge in [0.05, 0.1) is 0 Å². The normalized spacial score (nSPS) is 25.5. The van der Waals surface area contributed by atoms with Crippen LogP contribution in [0.15, 0.2) is 18.2 Å². The highest BCUT2D eigenvalue weighted by molar-refractivity contribution is 5.49. The summed E-state index contributed by atoms with van der Waals surface area (Å²) in [7, 11) is 0. The molecule has 1 aromatic carbocycles. The zero-order valence-corrected chi connectivity index (χ0v) is 9.59. The second-order valence-corrected chi connectivity index (χ2v) is 4.79.